The fourth-order valence-corrected chi connectivity index (χ4v) is 3.01. The highest BCUT2D eigenvalue weighted by Gasteiger charge is 2.33. The molecule has 0 bridgehead atoms. The molecule has 0 spiro atoms. The van der Waals surface area contributed by atoms with Crippen molar-refractivity contribution in [2.45, 2.75) is 19.1 Å². The van der Waals surface area contributed by atoms with E-state index in [0.717, 1.165) is 18.2 Å². The number of hydrogen-bond acceptors (Lipinski definition) is 4. The van der Waals surface area contributed by atoms with E-state index in [9.17, 15) is 32.9 Å². The Hall–Kier alpha value is -2.89. The molecule has 172 valence electrons. The van der Waals surface area contributed by atoms with E-state index < -0.39 is 39.5 Å². The molecule has 0 aliphatic rings. The first-order valence-electron chi connectivity index (χ1n) is 9.03. The number of carbonyl (C=O) groups is 2. The second-order valence-corrected chi connectivity index (χ2v) is 7.71. The Morgan fingerprint density at radius 3 is 2.34 bits per heavy atom. The van der Waals surface area contributed by atoms with Gasteiger partial charge in [0.25, 0.3) is 17.5 Å². The van der Waals surface area contributed by atoms with Gasteiger partial charge in [-0.15, -0.1) is 0 Å². The molecule has 0 aromatic heterocycles. The molecular weight excluding hydrogens is 476 g/mol. The second-order valence-electron chi connectivity index (χ2n) is 6.90. The van der Waals surface area contributed by atoms with Crippen LogP contribution in [0.2, 0.25) is 10.0 Å². The summed E-state index contributed by atoms with van der Waals surface area (Å²) in [5, 5.41) is 15.3. The van der Waals surface area contributed by atoms with Crippen molar-refractivity contribution in [3.8, 4) is 0 Å². The number of nitrogens with one attached hydrogen (secondary N) is 3. The Kier molecular flexibility index (Phi) is 8.05. The second kappa shape index (κ2) is 10.2. The molecule has 8 nitrogen and oxygen atoms in total. The SMILES string of the molecule is C[C@@H](C(=O)Nc1cc([N+](=O)[O-])ccc1Cl)[NH+](C)CC(=O)Nc1ccc(Cl)c(C(F)(F)F)c1. The molecule has 2 aromatic rings. The molecule has 0 fully saturated rings. The van der Waals surface area contributed by atoms with Crippen LogP contribution in [-0.4, -0.2) is 36.4 Å². The van der Waals surface area contributed by atoms with Crippen molar-refractivity contribution in [1.82, 2.24) is 0 Å². The summed E-state index contributed by atoms with van der Waals surface area (Å²) in [4.78, 5) is 35.4. The van der Waals surface area contributed by atoms with Crippen molar-refractivity contribution in [2.24, 2.45) is 0 Å². The number of alkyl halides is 3. The lowest BCUT2D eigenvalue weighted by atomic mass is 10.2. The minimum atomic E-state index is -4.68. The van der Waals surface area contributed by atoms with E-state index in [-0.39, 0.29) is 28.6 Å². The summed E-state index contributed by atoms with van der Waals surface area (Å²) >= 11 is 11.5. The van der Waals surface area contributed by atoms with Crippen molar-refractivity contribution < 1.29 is 32.6 Å². The molecule has 2 aromatic carbocycles. The molecule has 32 heavy (non-hydrogen) atoms. The molecule has 0 aliphatic heterocycles. The molecule has 3 N–H and O–H groups in total. The summed E-state index contributed by atoms with van der Waals surface area (Å²) in [6.45, 7) is 1.26. The van der Waals surface area contributed by atoms with Crippen molar-refractivity contribution in [1.29, 1.82) is 0 Å². The number of nitrogens with zero attached hydrogens (tertiary/aromatic N) is 1. The largest absolute Gasteiger partial charge is 0.417 e. The van der Waals surface area contributed by atoms with E-state index in [0.29, 0.717) is 4.90 Å². The van der Waals surface area contributed by atoms with Crippen LogP contribution in [0.5, 0.6) is 0 Å². The van der Waals surface area contributed by atoms with Crippen LogP contribution in [0.25, 0.3) is 0 Å². The van der Waals surface area contributed by atoms with Gasteiger partial charge in [0, 0.05) is 17.8 Å². The van der Waals surface area contributed by atoms with Crippen LogP contribution in [0.4, 0.5) is 30.2 Å². The molecule has 1 unspecified atom stereocenters. The fraction of sp³-hybridized carbons (Fsp3) is 0.263. The van der Waals surface area contributed by atoms with E-state index in [1.165, 1.54) is 32.2 Å². The average molecular weight is 494 g/mol. The van der Waals surface area contributed by atoms with Gasteiger partial charge in [0.05, 0.1) is 33.3 Å². The Labute approximate surface area is 190 Å². The van der Waals surface area contributed by atoms with E-state index in [1.54, 1.807) is 0 Å². The van der Waals surface area contributed by atoms with Gasteiger partial charge >= 0.3 is 6.18 Å². The van der Waals surface area contributed by atoms with Gasteiger partial charge in [-0.05, 0) is 31.2 Å². The normalized spacial score (nSPS) is 13.2. The van der Waals surface area contributed by atoms with Gasteiger partial charge in [0.1, 0.15) is 0 Å². The Bertz CT molecular complexity index is 1050. The first kappa shape index (κ1) is 25.4. The number of rotatable bonds is 7. The van der Waals surface area contributed by atoms with Gasteiger partial charge in [-0.1, -0.05) is 23.2 Å². The van der Waals surface area contributed by atoms with Crippen LogP contribution in [0.3, 0.4) is 0 Å². The highest BCUT2D eigenvalue weighted by molar-refractivity contribution is 6.33. The number of carbonyl (C=O) groups excluding carboxylic acids is 2. The lowest BCUT2D eigenvalue weighted by Crippen LogP contribution is -3.14. The standard InChI is InChI=1S/C19H17Cl2F3N4O4/c1-10(18(30)26-16-8-12(28(31)32)4-6-15(16)21)27(2)9-17(29)25-11-3-5-14(20)13(7-11)19(22,23)24/h3-8,10H,9H2,1-2H3,(H,25,29)(H,26,30)/p+1/t10-/m0/s1. The first-order chi connectivity index (χ1) is 14.8. The van der Waals surface area contributed by atoms with E-state index in [2.05, 4.69) is 10.6 Å². The van der Waals surface area contributed by atoms with Crippen LogP contribution in [0.15, 0.2) is 36.4 Å². The van der Waals surface area contributed by atoms with Gasteiger partial charge in [-0.25, -0.2) is 0 Å². The number of nitro groups is 1. The van der Waals surface area contributed by atoms with Crippen molar-refractivity contribution in [2.75, 3.05) is 24.2 Å². The molecular formula is C19H18Cl2F3N4O4+. The van der Waals surface area contributed by atoms with Crippen LogP contribution >= 0.6 is 23.2 Å². The van der Waals surface area contributed by atoms with E-state index in [1.807, 2.05) is 0 Å². The highest BCUT2D eigenvalue weighted by atomic mass is 35.5. The molecule has 0 saturated heterocycles. The molecule has 2 atom stereocenters. The third kappa shape index (κ3) is 6.55. The van der Waals surface area contributed by atoms with Gasteiger partial charge < -0.3 is 15.5 Å². The van der Waals surface area contributed by atoms with E-state index in [4.69, 9.17) is 23.2 Å². The number of benzene rings is 2. The summed E-state index contributed by atoms with van der Waals surface area (Å²) in [5.74, 6) is -1.20. The summed E-state index contributed by atoms with van der Waals surface area (Å²) in [6.07, 6.45) is -4.68. The first-order valence-corrected chi connectivity index (χ1v) is 9.79. The third-order valence-electron chi connectivity index (χ3n) is 4.55. The zero-order valence-corrected chi connectivity index (χ0v) is 18.2. The zero-order chi connectivity index (χ0) is 24.2. The zero-order valence-electron chi connectivity index (χ0n) is 16.7. The number of halogens is 5. The summed E-state index contributed by atoms with van der Waals surface area (Å²) in [7, 11) is 1.53. The Balaban J connectivity index is 2.02. The smallest absolute Gasteiger partial charge is 0.321 e. The van der Waals surface area contributed by atoms with Crippen molar-refractivity contribution in [3.05, 3.63) is 62.1 Å². The van der Waals surface area contributed by atoms with Crippen LogP contribution < -0.4 is 15.5 Å². The third-order valence-corrected chi connectivity index (χ3v) is 5.21. The molecule has 0 aliphatic carbocycles. The average Bonchev–Trinajstić information content (AvgIpc) is 2.69. The predicted octanol–water partition coefficient (Wildman–Crippen LogP) is 3.40. The summed E-state index contributed by atoms with van der Waals surface area (Å²) in [6, 6.07) is 5.73. The van der Waals surface area contributed by atoms with E-state index >= 15 is 0 Å². The van der Waals surface area contributed by atoms with Crippen LogP contribution in [0, 0.1) is 10.1 Å². The molecule has 0 heterocycles. The van der Waals surface area contributed by atoms with Crippen LogP contribution in [-0.2, 0) is 15.8 Å². The molecule has 0 radical (unpaired) electrons. The molecule has 13 heteroatoms. The summed E-state index contributed by atoms with van der Waals surface area (Å²) in [5.41, 5.74) is -1.41. The topological polar surface area (TPSA) is 106 Å². The minimum absolute atomic E-state index is 0.0378. The van der Waals surface area contributed by atoms with Crippen LogP contribution in [0.1, 0.15) is 12.5 Å². The minimum Gasteiger partial charge on any atom is -0.321 e. The lowest BCUT2D eigenvalue weighted by molar-refractivity contribution is -0.885. The number of anilines is 2. The van der Waals surface area contributed by atoms with Gasteiger partial charge in [-0.3, -0.25) is 19.7 Å². The maximum absolute atomic E-state index is 13.0. The van der Waals surface area contributed by atoms with Gasteiger partial charge in [0.15, 0.2) is 12.6 Å². The lowest BCUT2D eigenvalue weighted by Gasteiger charge is -2.21. The number of non-ortho nitro benzene ring substituents is 1. The Morgan fingerprint density at radius 2 is 1.75 bits per heavy atom. The molecule has 0 saturated carbocycles. The molecule has 2 rings (SSSR count). The van der Waals surface area contributed by atoms with Gasteiger partial charge in [0.2, 0.25) is 0 Å². The number of hydrogen-bond donors (Lipinski definition) is 3. The van der Waals surface area contributed by atoms with Crippen molar-refractivity contribution in [3.63, 3.8) is 0 Å². The Morgan fingerprint density at radius 1 is 1.12 bits per heavy atom. The highest BCUT2D eigenvalue weighted by Crippen LogP contribution is 2.36. The quantitative estimate of drug-likeness (QED) is 0.405. The predicted molar refractivity (Wildman–Crippen MR) is 113 cm³/mol. The summed E-state index contributed by atoms with van der Waals surface area (Å²) < 4.78 is 38.9. The number of nitro benzene ring substituents is 1. The number of quaternary nitrogens is 1. The van der Waals surface area contributed by atoms with Crippen molar-refractivity contribution >= 4 is 52.1 Å². The maximum atomic E-state index is 13.0. The maximum Gasteiger partial charge on any atom is 0.417 e. The number of amides is 2. The van der Waals surface area contributed by atoms with Gasteiger partial charge in [-0.2, -0.15) is 13.2 Å². The monoisotopic (exact) mass is 493 g/mol. The fourth-order valence-electron chi connectivity index (χ4n) is 2.62. The molecule has 2 amide bonds. The number of likely N-dealkylation sites (N-methyl/N-ethyl adjacent to an activating group) is 1.